The van der Waals surface area contributed by atoms with Crippen molar-refractivity contribution < 1.29 is 9.60 Å². The lowest BCUT2D eigenvalue weighted by molar-refractivity contribution is 1.18. The normalized spacial score (nSPS) is 13.0. The van der Waals surface area contributed by atoms with Gasteiger partial charge in [0.2, 0.25) is 0 Å². The molecule has 10 aromatic carbocycles. The molecule has 11 aromatic rings. The molecule has 0 saturated carbocycles. The minimum Gasteiger partial charge on any atom is -0.310 e. The molecule has 0 radical (unpaired) electrons. The molecule has 2 nitrogen and oxygen atoms in total. The van der Waals surface area contributed by atoms with Crippen molar-refractivity contribution in [3.63, 3.8) is 0 Å². The van der Waals surface area contributed by atoms with E-state index in [-0.39, 0.29) is 46.5 Å². The van der Waals surface area contributed by atoms with Crippen molar-refractivity contribution in [2.24, 2.45) is 0 Å². The van der Waals surface area contributed by atoms with Crippen LogP contribution in [0.2, 0.25) is 0 Å². The summed E-state index contributed by atoms with van der Waals surface area (Å²) in [4.78, 5) is 2.27. The van der Waals surface area contributed by atoms with Gasteiger partial charge in [-0.25, -0.2) is 0 Å². The first-order chi connectivity index (χ1) is 32.7. The van der Waals surface area contributed by atoms with E-state index in [0.29, 0.717) is 5.56 Å². The van der Waals surface area contributed by atoms with Crippen LogP contribution in [0.4, 0.5) is 17.1 Å². The van der Waals surface area contributed by atoms with Gasteiger partial charge < -0.3 is 9.47 Å². The topological polar surface area (TPSA) is 8.17 Å². The molecule has 0 saturated heterocycles. The lowest BCUT2D eigenvalue weighted by Gasteiger charge is -2.26. The molecule has 60 heavy (non-hydrogen) atoms. The minimum atomic E-state index is -0.468. The summed E-state index contributed by atoms with van der Waals surface area (Å²) in [7, 11) is 0. The smallest absolute Gasteiger partial charge is 0.0629 e. The Hall–Kier alpha value is -7.94. The quantitative estimate of drug-likeness (QED) is 0.149. The SMILES string of the molecule is [2H]c1c([2H])c([2H])c2c(-c3ccc(-c4ccc(N(c5ccc(-c6ccccc6)cc5)c5cccc(-c6cccc7c6c6ccccc6n7-c6ccccc6)c5)cc4)cc3)c([2H])c([2H])c([2H])c2c1[2H]. The summed E-state index contributed by atoms with van der Waals surface area (Å²) in [6.07, 6.45) is 0. The third-order valence-electron chi connectivity index (χ3n) is 11.3. The van der Waals surface area contributed by atoms with E-state index in [1.807, 2.05) is 36.4 Å². The largest absolute Gasteiger partial charge is 0.310 e. The Bertz CT molecular complexity index is 3680. The number of hydrogen-bond donors (Lipinski definition) is 0. The average molecular weight is 772 g/mol. The Balaban J connectivity index is 0.999. The summed E-state index contributed by atoms with van der Waals surface area (Å²) in [6, 6.07) is 66.6. The second-order valence-corrected chi connectivity index (χ2v) is 14.8. The van der Waals surface area contributed by atoms with Crippen LogP contribution in [0, 0.1) is 0 Å². The molecule has 0 atom stereocenters. The Morgan fingerprint density at radius 1 is 0.350 bits per heavy atom. The van der Waals surface area contributed by atoms with Crippen LogP contribution in [0.5, 0.6) is 0 Å². The molecule has 0 spiro atoms. The lowest BCUT2D eigenvalue weighted by Crippen LogP contribution is -2.10. The first-order valence-corrected chi connectivity index (χ1v) is 20.0. The fourth-order valence-corrected chi connectivity index (χ4v) is 8.47. The molecule has 1 heterocycles. The molecule has 2 heteroatoms. The van der Waals surface area contributed by atoms with Gasteiger partial charge in [-0.3, -0.25) is 0 Å². The van der Waals surface area contributed by atoms with E-state index in [0.717, 1.165) is 67.2 Å². The van der Waals surface area contributed by atoms with E-state index in [2.05, 4.69) is 173 Å². The number of hydrogen-bond acceptors (Lipinski definition) is 1. The second-order valence-electron chi connectivity index (χ2n) is 14.8. The van der Waals surface area contributed by atoms with E-state index in [1.165, 1.54) is 10.8 Å². The number of fused-ring (bicyclic) bond motifs is 4. The third kappa shape index (κ3) is 6.32. The fourth-order valence-electron chi connectivity index (χ4n) is 8.47. The van der Waals surface area contributed by atoms with Crippen LogP contribution in [-0.4, -0.2) is 4.57 Å². The molecule has 0 aliphatic rings. The van der Waals surface area contributed by atoms with Crippen molar-refractivity contribution in [1.82, 2.24) is 4.57 Å². The Labute approximate surface area is 360 Å². The van der Waals surface area contributed by atoms with Crippen LogP contribution in [0.15, 0.2) is 242 Å². The van der Waals surface area contributed by atoms with Gasteiger partial charge in [-0.15, -0.1) is 0 Å². The number of benzene rings is 10. The first-order valence-electron chi connectivity index (χ1n) is 23.5. The highest BCUT2D eigenvalue weighted by Gasteiger charge is 2.18. The molecule has 0 aliphatic carbocycles. The van der Waals surface area contributed by atoms with Crippen molar-refractivity contribution in [3.8, 4) is 50.2 Å². The van der Waals surface area contributed by atoms with Crippen molar-refractivity contribution in [1.29, 1.82) is 0 Å². The van der Waals surface area contributed by atoms with Crippen LogP contribution in [0.1, 0.15) is 9.60 Å². The maximum Gasteiger partial charge on any atom is 0.0629 e. The van der Waals surface area contributed by atoms with Crippen LogP contribution in [0.3, 0.4) is 0 Å². The van der Waals surface area contributed by atoms with Gasteiger partial charge in [-0.1, -0.05) is 182 Å². The van der Waals surface area contributed by atoms with Gasteiger partial charge in [-0.05, 0) is 116 Å². The molecule has 282 valence electrons. The second kappa shape index (κ2) is 15.1. The van der Waals surface area contributed by atoms with Crippen molar-refractivity contribution in [2.75, 3.05) is 4.90 Å². The number of rotatable bonds is 8. The number of para-hydroxylation sites is 2. The summed E-state index contributed by atoms with van der Waals surface area (Å²) in [5, 5.41) is 2.40. The summed E-state index contributed by atoms with van der Waals surface area (Å²) in [5.74, 6) is 0. The number of aromatic nitrogens is 1. The molecular weight excluding hydrogens is 725 g/mol. The van der Waals surface area contributed by atoms with Gasteiger partial charge in [0, 0.05) is 33.5 Å². The highest BCUT2D eigenvalue weighted by atomic mass is 15.1. The molecule has 0 aliphatic heterocycles. The van der Waals surface area contributed by atoms with Crippen molar-refractivity contribution in [2.45, 2.75) is 0 Å². The molecule has 0 fully saturated rings. The first kappa shape index (κ1) is 28.5. The average Bonchev–Trinajstić information content (AvgIpc) is 3.72. The van der Waals surface area contributed by atoms with Crippen LogP contribution >= 0.6 is 0 Å². The van der Waals surface area contributed by atoms with E-state index < -0.39 is 12.1 Å². The maximum atomic E-state index is 8.82. The monoisotopic (exact) mass is 771 g/mol. The van der Waals surface area contributed by atoms with E-state index in [4.69, 9.17) is 9.60 Å². The van der Waals surface area contributed by atoms with E-state index >= 15 is 0 Å². The summed E-state index contributed by atoms with van der Waals surface area (Å²) in [5.41, 5.74) is 13.4. The molecule has 0 N–H and O–H groups in total. The Morgan fingerprint density at radius 3 is 1.63 bits per heavy atom. The van der Waals surface area contributed by atoms with Gasteiger partial charge in [0.05, 0.1) is 20.6 Å². The van der Waals surface area contributed by atoms with Gasteiger partial charge in [-0.2, -0.15) is 0 Å². The van der Waals surface area contributed by atoms with Crippen molar-refractivity contribution >= 4 is 49.6 Å². The predicted octanol–water partition coefficient (Wildman–Crippen LogP) is 16.1. The Morgan fingerprint density at radius 2 is 0.900 bits per heavy atom. The maximum absolute atomic E-state index is 8.82. The van der Waals surface area contributed by atoms with Gasteiger partial charge in [0.25, 0.3) is 0 Å². The number of nitrogens with zero attached hydrogens (tertiary/aromatic N) is 2. The van der Waals surface area contributed by atoms with Crippen LogP contribution in [-0.2, 0) is 0 Å². The Kier molecular flexibility index (Phi) is 7.16. The van der Waals surface area contributed by atoms with E-state index in [9.17, 15) is 0 Å². The minimum absolute atomic E-state index is 0.0563. The highest BCUT2D eigenvalue weighted by molar-refractivity contribution is 6.16. The summed E-state index contributed by atoms with van der Waals surface area (Å²) >= 11 is 0. The molecule has 0 amide bonds. The highest BCUT2D eigenvalue weighted by Crippen LogP contribution is 2.42. The standard InChI is InChI=1S/C58H40N2/c1-3-14-41(15-4-1)43-32-36-49(37-33-43)59(50-38-34-44(35-39-50)42-28-30-46(31-29-42)53-24-12-17-45-16-7-8-22-52(45)53)51-21-11-18-47(40-51)54-25-13-27-57-58(54)55-23-9-10-26-56(55)60(57)48-19-5-2-6-20-48/h1-40H/i7D,8D,12D,16D,17D,22D,24D. The molecular formula is C58H40N2. The van der Waals surface area contributed by atoms with Crippen LogP contribution < -0.4 is 4.90 Å². The van der Waals surface area contributed by atoms with E-state index in [1.54, 1.807) is 0 Å². The summed E-state index contributed by atoms with van der Waals surface area (Å²) < 4.78 is 62.0. The molecule has 11 rings (SSSR count). The van der Waals surface area contributed by atoms with Crippen LogP contribution in [0.25, 0.3) is 82.8 Å². The van der Waals surface area contributed by atoms with Crippen molar-refractivity contribution in [3.05, 3.63) is 242 Å². The van der Waals surface area contributed by atoms with Gasteiger partial charge >= 0.3 is 0 Å². The number of anilines is 3. The lowest BCUT2D eigenvalue weighted by atomic mass is 9.96. The zero-order valence-corrected chi connectivity index (χ0v) is 32.4. The van der Waals surface area contributed by atoms with Gasteiger partial charge in [0.1, 0.15) is 0 Å². The fraction of sp³-hybridized carbons (Fsp3) is 0. The molecule has 0 bridgehead atoms. The third-order valence-corrected chi connectivity index (χ3v) is 11.3. The zero-order valence-electron chi connectivity index (χ0n) is 39.4. The molecule has 0 unspecified atom stereocenters. The van der Waals surface area contributed by atoms with Gasteiger partial charge in [0.15, 0.2) is 0 Å². The predicted molar refractivity (Wildman–Crippen MR) is 255 cm³/mol. The molecule has 1 aromatic heterocycles. The summed E-state index contributed by atoms with van der Waals surface area (Å²) in [6.45, 7) is 0. The zero-order chi connectivity index (χ0) is 45.9.